The van der Waals surface area contributed by atoms with Gasteiger partial charge in [-0.15, -0.1) is 0 Å². The quantitative estimate of drug-likeness (QED) is 0.595. The van der Waals surface area contributed by atoms with Crippen molar-refractivity contribution in [2.45, 2.75) is 38.0 Å². The van der Waals surface area contributed by atoms with E-state index in [2.05, 4.69) is 19.9 Å². The molecule has 160 valence electrons. The molecule has 0 unspecified atom stereocenters. The predicted octanol–water partition coefficient (Wildman–Crippen LogP) is 2.24. The Morgan fingerprint density at radius 3 is 2.87 bits per heavy atom. The van der Waals surface area contributed by atoms with Gasteiger partial charge in [0.2, 0.25) is 0 Å². The van der Waals surface area contributed by atoms with Crippen LogP contribution in [0, 0.1) is 18.7 Å². The van der Waals surface area contributed by atoms with Gasteiger partial charge in [0, 0.05) is 29.1 Å². The molecule has 0 saturated heterocycles. The standard InChI is InChI=1S/C23H24FN5O2/c1-12-16-6-7-29(23(16)27-11-26-12)19-10-15(20(30)21(19)31)5-3-13-2-4-14-9-17(24)22(25)28-18(14)8-13/h2-5,8-9,11,15,19-21,30-31H,6-7,10H2,1H3,(H2,25,28)/b5-3+/t15-,19+,20+,21-/m0/s1. The zero-order valence-electron chi connectivity index (χ0n) is 17.1. The second-order valence-corrected chi connectivity index (χ2v) is 8.32. The highest BCUT2D eigenvalue weighted by molar-refractivity contribution is 5.82. The van der Waals surface area contributed by atoms with Gasteiger partial charge in [0.1, 0.15) is 18.2 Å². The number of benzene rings is 1. The number of hydrogen-bond acceptors (Lipinski definition) is 7. The van der Waals surface area contributed by atoms with Gasteiger partial charge in [-0.05, 0) is 37.5 Å². The Morgan fingerprint density at radius 2 is 2.03 bits per heavy atom. The second kappa shape index (κ2) is 7.55. The predicted molar refractivity (Wildman–Crippen MR) is 117 cm³/mol. The molecule has 1 aromatic carbocycles. The van der Waals surface area contributed by atoms with Crippen molar-refractivity contribution in [2.75, 3.05) is 17.2 Å². The van der Waals surface area contributed by atoms with E-state index >= 15 is 0 Å². The summed E-state index contributed by atoms with van der Waals surface area (Å²) in [6.45, 7) is 2.73. The third-order valence-electron chi connectivity index (χ3n) is 6.47. The Balaban J connectivity index is 1.36. The van der Waals surface area contributed by atoms with Crippen molar-refractivity contribution in [3.8, 4) is 0 Å². The average molecular weight is 421 g/mol. The molecule has 7 nitrogen and oxygen atoms in total. The van der Waals surface area contributed by atoms with Crippen molar-refractivity contribution in [3.05, 3.63) is 59.3 Å². The summed E-state index contributed by atoms with van der Waals surface area (Å²) in [5.74, 6) is -0.00247. The maximum Gasteiger partial charge on any atom is 0.165 e. The van der Waals surface area contributed by atoms with E-state index in [1.54, 1.807) is 12.4 Å². The number of rotatable bonds is 3. The van der Waals surface area contributed by atoms with Crippen LogP contribution in [0.3, 0.4) is 0 Å². The molecule has 0 bridgehead atoms. The van der Waals surface area contributed by atoms with Gasteiger partial charge < -0.3 is 20.8 Å². The molecule has 0 amide bonds. The monoisotopic (exact) mass is 421 g/mol. The lowest BCUT2D eigenvalue weighted by Crippen LogP contribution is -2.43. The molecule has 1 fully saturated rings. The number of halogens is 1. The molecule has 3 heterocycles. The molecular formula is C23H24FN5O2. The summed E-state index contributed by atoms with van der Waals surface area (Å²) in [7, 11) is 0. The van der Waals surface area contributed by atoms with Crippen LogP contribution in [0.2, 0.25) is 0 Å². The van der Waals surface area contributed by atoms with E-state index in [4.69, 9.17) is 5.73 Å². The van der Waals surface area contributed by atoms with Crippen LogP contribution in [0.4, 0.5) is 16.0 Å². The van der Waals surface area contributed by atoms with E-state index < -0.39 is 18.0 Å². The first-order valence-corrected chi connectivity index (χ1v) is 10.4. The Hall–Kier alpha value is -3.10. The first-order chi connectivity index (χ1) is 14.9. The van der Waals surface area contributed by atoms with Crippen LogP contribution in [0.1, 0.15) is 23.2 Å². The average Bonchev–Trinajstić information content (AvgIpc) is 3.30. The maximum absolute atomic E-state index is 13.6. The second-order valence-electron chi connectivity index (χ2n) is 8.32. The summed E-state index contributed by atoms with van der Waals surface area (Å²) < 4.78 is 13.6. The third-order valence-corrected chi connectivity index (χ3v) is 6.47. The number of nitrogens with two attached hydrogens (primary N) is 1. The van der Waals surface area contributed by atoms with Gasteiger partial charge in [0.05, 0.1) is 17.7 Å². The molecule has 0 spiro atoms. The van der Waals surface area contributed by atoms with E-state index in [0.29, 0.717) is 17.3 Å². The van der Waals surface area contributed by atoms with Crippen LogP contribution in [0.5, 0.6) is 0 Å². The molecule has 31 heavy (non-hydrogen) atoms. The Kier molecular flexibility index (Phi) is 4.83. The molecule has 1 aliphatic carbocycles. The number of aromatic nitrogens is 3. The normalized spacial score (nSPS) is 25.6. The largest absolute Gasteiger partial charge is 0.390 e. The zero-order valence-corrected chi connectivity index (χ0v) is 17.1. The number of aliphatic hydroxyl groups is 2. The molecule has 8 heteroatoms. The van der Waals surface area contributed by atoms with Crippen molar-refractivity contribution in [1.29, 1.82) is 0 Å². The highest BCUT2D eigenvalue weighted by Crippen LogP contribution is 2.37. The molecule has 0 radical (unpaired) electrons. The van der Waals surface area contributed by atoms with Gasteiger partial charge in [-0.1, -0.05) is 24.3 Å². The molecular weight excluding hydrogens is 397 g/mol. The minimum atomic E-state index is -0.864. The fraction of sp³-hybridized carbons (Fsp3) is 0.348. The van der Waals surface area contributed by atoms with E-state index in [-0.39, 0.29) is 17.8 Å². The summed E-state index contributed by atoms with van der Waals surface area (Å²) in [6.07, 6.45) is 5.10. The number of fused-ring (bicyclic) bond motifs is 2. The fourth-order valence-corrected chi connectivity index (χ4v) is 4.74. The first kappa shape index (κ1) is 19.8. The van der Waals surface area contributed by atoms with Crippen molar-refractivity contribution in [3.63, 3.8) is 0 Å². The van der Waals surface area contributed by atoms with Crippen molar-refractivity contribution >= 4 is 28.6 Å². The third kappa shape index (κ3) is 3.41. The number of aryl methyl sites for hydroxylation is 1. The molecule has 4 N–H and O–H groups in total. The highest BCUT2D eigenvalue weighted by atomic mass is 19.1. The van der Waals surface area contributed by atoms with Gasteiger partial charge >= 0.3 is 0 Å². The SMILES string of the molecule is Cc1ncnc2c1CCN2[C@@H]1C[C@H](/C=C/c2ccc3cc(F)c(N)nc3c2)[C@@H](O)[C@H]1O. The zero-order chi connectivity index (χ0) is 21.7. The topological polar surface area (TPSA) is 108 Å². The first-order valence-electron chi connectivity index (χ1n) is 10.4. The van der Waals surface area contributed by atoms with Crippen LogP contribution in [-0.2, 0) is 6.42 Å². The molecule has 2 aliphatic rings. The van der Waals surface area contributed by atoms with Crippen molar-refractivity contribution in [2.24, 2.45) is 5.92 Å². The molecule has 1 saturated carbocycles. The number of nitrogens with zero attached hydrogens (tertiary/aromatic N) is 4. The van der Waals surface area contributed by atoms with Crippen LogP contribution >= 0.6 is 0 Å². The molecule has 2 aromatic heterocycles. The minimum absolute atomic E-state index is 0.129. The molecule has 5 rings (SSSR count). The van der Waals surface area contributed by atoms with E-state index in [1.165, 1.54) is 6.07 Å². The number of pyridine rings is 1. The van der Waals surface area contributed by atoms with Gasteiger partial charge in [-0.3, -0.25) is 0 Å². The fourth-order valence-electron chi connectivity index (χ4n) is 4.74. The highest BCUT2D eigenvalue weighted by Gasteiger charge is 2.45. The Labute approximate surface area is 179 Å². The molecule has 3 aromatic rings. The summed E-state index contributed by atoms with van der Waals surface area (Å²) in [4.78, 5) is 14.9. The van der Waals surface area contributed by atoms with Crippen LogP contribution in [0.15, 0.2) is 36.7 Å². The van der Waals surface area contributed by atoms with E-state index in [9.17, 15) is 14.6 Å². The summed E-state index contributed by atoms with van der Waals surface area (Å²) in [5.41, 5.74) is 9.13. The van der Waals surface area contributed by atoms with Crippen molar-refractivity contribution < 1.29 is 14.6 Å². The summed E-state index contributed by atoms with van der Waals surface area (Å²) in [6, 6.07) is 6.64. The summed E-state index contributed by atoms with van der Waals surface area (Å²) >= 11 is 0. The smallest absolute Gasteiger partial charge is 0.165 e. The maximum atomic E-state index is 13.6. The number of hydrogen-bond donors (Lipinski definition) is 3. The van der Waals surface area contributed by atoms with Gasteiger partial charge in [0.15, 0.2) is 11.6 Å². The Morgan fingerprint density at radius 1 is 1.19 bits per heavy atom. The minimum Gasteiger partial charge on any atom is -0.390 e. The van der Waals surface area contributed by atoms with Crippen molar-refractivity contribution in [1.82, 2.24) is 15.0 Å². The van der Waals surface area contributed by atoms with E-state index in [1.807, 2.05) is 31.2 Å². The number of nitrogen functional groups attached to an aromatic ring is 1. The van der Waals surface area contributed by atoms with Gasteiger partial charge in [0.25, 0.3) is 0 Å². The lowest BCUT2D eigenvalue weighted by Gasteiger charge is -2.28. The van der Waals surface area contributed by atoms with Gasteiger partial charge in [-0.25, -0.2) is 19.3 Å². The molecule has 1 aliphatic heterocycles. The Bertz CT molecular complexity index is 1180. The summed E-state index contributed by atoms with van der Waals surface area (Å²) in [5, 5.41) is 22.1. The lowest BCUT2D eigenvalue weighted by atomic mass is 10.0. The van der Waals surface area contributed by atoms with Crippen LogP contribution in [-0.4, -0.2) is 50.0 Å². The number of anilines is 2. The number of aliphatic hydroxyl groups excluding tert-OH is 2. The molecule has 4 atom stereocenters. The van der Waals surface area contributed by atoms with Crippen LogP contribution < -0.4 is 10.6 Å². The van der Waals surface area contributed by atoms with Gasteiger partial charge in [-0.2, -0.15) is 0 Å². The lowest BCUT2D eigenvalue weighted by molar-refractivity contribution is 0.0229. The van der Waals surface area contributed by atoms with E-state index in [0.717, 1.165) is 35.6 Å². The van der Waals surface area contributed by atoms with Crippen LogP contribution in [0.25, 0.3) is 17.0 Å².